The monoisotopic (exact) mass is 634 g/mol. The standard InChI is InChI=1S/C30H36N2O4S.C2HF3O2/c1-4-5-6-10-17-32-23-13-15-25(35-2)22(19-31)28(23)37-29-24(32)14-16-26(36-3)27(29)21(30(33)34)18-20-11-8-7-9-12-20;3-2(4,5)1(6)7/h7-9,11-16,21H,4-6,10,17-19,31H2,1-3H3,(H,33,34);(H,6,7). The summed E-state index contributed by atoms with van der Waals surface area (Å²) in [6.07, 6.45) is -0.187. The smallest absolute Gasteiger partial charge is 0.490 e. The van der Waals surface area contributed by atoms with Gasteiger partial charge < -0.3 is 30.3 Å². The van der Waals surface area contributed by atoms with Gasteiger partial charge in [-0.05, 0) is 42.7 Å². The molecular weight excluding hydrogens is 597 g/mol. The highest BCUT2D eigenvalue weighted by molar-refractivity contribution is 7.99. The molecule has 0 fully saturated rings. The van der Waals surface area contributed by atoms with Gasteiger partial charge in [0.25, 0.3) is 0 Å². The molecule has 4 N–H and O–H groups in total. The van der Waals surface area contributed by atoms with Crippen LogP contribution in [0.15, 0.2) is 64.4 Å². The summed E-state index contributed by atoms with van der Waals surface area (Å²) in [5.74, 6) is -3.07. The number of carboxylic acids is 2. The van der Waals surface area contributed by atoms with Crippen molar-refractivity contribution in [1.82, 2.24) is 0 Å². The number of aliphatic carboxylic acids is 2. The summed E-state index contributed by atoms with van der Waals surface area (Å²) in [6, 6.07) is 17.8. The third-order valence-corrected chi connectivity index (χ3v) is 8.46. The van der Waals surface area contributed by atoms with Crippen LogP contribution in [-0.4, -0.2) is 49.1 Å². The molecule has 0 aliphatic carbocycles. The maximum Gasteiger partial charge on any atom is 0.490 e. The zero-order chi connectivity index (χ0) is 32.4. The van der Waals surface area contributed by atoms with Crippen LogP contribution >= 0.6 is 11.8 Å². The van der Waals surface area contributed by atoms with E-state index in [0.717, 1.165) is 57.4 Å². The van der Waals surface area contributed by atoms with Gasteiger partial charge in [0, 0.05) is 34.0 Å². The second kappa shape index (κ2) is 15.7. The van der Waals surface area contributed by atoms with Crippen molar-refractivity contribution in [3.05, 3.63) is 71.3 Å². The fraction of sp³-hybridized carbons (Fsp3) is 0.375. The van der Waals surface area contributed by atoms with Crippen molar-refractivity contribution < 1.29 is 42.4 Å². The first-order valence-corrected chi connectivity index (χ1v) is 14.9. The molecule has 0 bridgehead atoms. The number of benzene rings is 3. The molecule has 8 nitrogen and oxygen atoms in total. The molecule has 3 aromatic carbocycles. The largest absolute Gasteiger partial charge is 0.496 e. The summed E-state index contributed by atoms with van der Waals surface area (Å²) >= 11 is 1.58. The Labute approximate surface area is 259 Å². The van der Waals surface area contributed by atoms with E-state index in [2.05, 4.69) is 24.0 Å². The van der Waals surface area contributed by atoms with E-state index in [-0.39, 0.29) is 0 Å². The first kappa shape index (κ1) is 34.6. The fourth-order valence-corrected chi connectivity index (χ4v) is 6.47. The Bertz CT molecular complexity index is 1440. The molecule has 1 unspecified atom stereocenters. The summed E-state index contributed by atoms with van der Waals surface area (Å²) in [7, 11) is 3.25. The van der Waals surface area contributed by atoms with E-state index >= 15 is 0 Å². The average molecular weight is 635 g/mol. The number of alkyl halides is 3. The summed E-state index contributed by atoms with van der Waals surface area (Å²) in [5, 5.41) is 17.6. The quantitative estimate of drug-likeness (QED) is 0.175. The van der Waals surface area contributed by atoms with Gasteiger partial charge in [0.2, 0.25) is 0 Å². The number of anilines is 2. The molecule has 1 atom stereocenters. The predicted molar refractivity (Wildman–Crippen MR) is 163 cm³/mol. The van der Waals surface area contributed by atoms with Gasteiger partial charge in [0.15, 0.2) is 0 Å². The number of unbranched alkanes of at least 4 members (excludes halogenated alkanes) is 3. The molecular formula is C32H37F3N2O6S. The molecule has 1 aliphatic heterocycles. The van der Waals surface area contributed by atoms with E-state index < -0.39 is 24.0 Å². The van der Waals surface area contributed by atoms with Crippen molar-refractivity contribution in [1.29, 1.82) is 0 Å². The number of carbonyl (C=O) groups is 2. The van der Waals surface area contributed by atoms with Crippen molar-refractivity contribution in [2.75, 3.05) is 25.7 Å². The van der Waals surface area contributed by atoms with Crippen LogP contribution in [0.1, 0.15) is 55.2 Å². The number of methoxy groups -OCH3 is 2. The Kier molecular flexibility index (Phi) is 12.4. The topological polar surface area (TPSA) is 122 Å². The van der Waals surface area contributed by atoms with E-state index in [1.54, 1.807) is 26.0 Å². The zero-order valence-electron chi connectivity index (χ0n) is 24.8. The van der Waals surface area contributed by atoms with Crippen LogP contribution < -0.4 is 20.1 Å². The number of halogens is 3. The maximum absolute atomic E-state index is 12.7. The molecule has 44 heavy (non-hydrogen) atoms. The summed E-state index contributed by atoms with van der Waals surface area (Å²) in [5.41, 5.74) is 10.9. The lowest BCUT2D eigenvalue weighted by molar-refractivity contribution is -0.192. The van der Waals surface area contributed by atoms with Crippen LogP contribution in [0.3, 0.4) is 0 Å². The normalized spacial score (nSPS) is 12.8. The molecule has 0 amide bonds. The second-order valence-electron chi connectivity index (χ2n) is 10.0. The molecule has 1 aliphatic rings. The number of fused-ring (bicyclic) bond motifs is 2. The Balaban J connectivity index is 0.000000676. The highest BCUT2D eigenvalue weighted by atomic mass is 32.2. The molecule has 12 heteroatoms. The maximum atomic E-state index is 12.7. The molecule has 238 valence electrons. The summed E-state index contributed by atoms with van der Waals surface area (Å²) in [4.78, 5) is 25.9. The number of hydrogen-bond acceptors (Lipinski definition) is 7. The lowest BCUT2D eigenvalue weighted by atomic mass is 9.90. The first-order valence-electron chi connectivity index (χ1n) is 14.1. The van der Waals surface area contributed by atoms with E-state index in [4.69, 9.17) is 25.1 Å². The van der Waals surface area contributed by atoms with Crippen molar-refractivity contribution in [2.24, 2.45) is 5.73 Å². The highest BCUT2D eigenvalue weighted by Gasteiger charge is 2.38. The van der Waals surface area contributed by atoms with Gasteiger partial charge in [-0.1, -0.05) is 68.3 Å². The number of nitrogens with two attached hydrogens (primary N) is 1. The second-order valence-corrected chi connectivity index (χ2v) is 11.0. The number of nitrogens with zero attached hydrogens (tertiary/aromatic N) is 1. The average Bonchev–Trinajstić information content (AvgIpc) is 3.00. The zero-order valence-corrected chi connectivity index (χ0v) is 25.6. The molecule has 0 radical (unpaired) electrons. The van der Waals surface area contributed by atoms with Gasteiger partial charge in [-0.25, -0.2) is 4.79 Å². The Hall–Kier alpha value is -3.90. The molecule has 0 aromatic heterocycles. The number of rotatable bonds is 12. The van der Waals surface area contributed by atoms with Gasteiger partial charge in [-0.15, -0.1) is 0 Å². The number of carboxylic acid groups (broad SMARTS) is 2. The van der Waals surface area contributed by atoms with E-state index in [0.29, 0.717) is 24.3 Å². The van der Waals surface area contributed by atoms with Gasteiger partial charge in [0.05, 0.1) is 31.5 Å². The first-order chi connectivity index (χ1) is 21.0. The van der Waals surface area contributed by atoms with Gasteiger partial charge in [-0.2, -0.15) is 13.2 Å². The summed E-state index contributed by atoms with van der Waals surface area (Å²) < 4.78 is 43.2. The third kappa shape index (κ3) is 8.17. The minimum Gasteiger partial charge on any atom is -0.496 e. The van der Waals surface area contributed by atoms with E-state index in [1.807, 2.05) is 42.5 Å². The number of ether oxygens (including phenoxy) is 2. The lowest BCUT2D eigenvalue weighted by Gasteiger charge is -2.36. The molecule has 0 spiro atoms. The Morgan fingerprint density at radius 1 is 0.909 bits per heavy atom. The molecule has 0 saturated heterocycles. The van der Waals surface area contributed by atoms with Crippen LogP contribution in [0.5, 0.6) is 11.5 Å². The minimum atomic E-state index is -5.08. The van der Waals surface area contributed by atoms with Crippen molar-refractivity contribution in [3.8, 4) is 11.5 Å². The van der Waals surface area contributed by atoms with Gasteiger partial charge in [-0.3, -0.25) is 4.79 Å². The van der Waals surface area contributed by atoms with Gasteiger partial charge in [0.1, 0.15) is 11.5 Å². The minimum absolute atomic E-state index is 0.323. The van der Waals surface area contributed by atoms with E-state index in [1.165, 1.54) is 12.8 Å². The highest BCUT2D eigenvalue weighted by Crippen LogP contribution is 2.55. The van der Waals surface area contributed by atoms with Crippen molar-refractivity contribution >= 4 is 35.1 Å². The van der Waals surface area contributed by atoms with Gasteiger partial charge >= 0.3 is 18.1 Å². The number of hydrogen-bond donors (Lipinski definition) is 3. The fourth-order valence-electron chi connectivity index (χ4n) is 5.04. The molecule has 4 rings (SSSR count). The molecule has 3 aromatic rings. The van der Waals surface area contributed by atoms with Crippen LogP contribution in [0.25, 0.3) is 0 Å². The lowest BCUT2D eigenvalue weighted by Crippen LogP contribution is -2.25. The van der Waals surface area contributed by atoms with Crippen LogP contribution in [0.2, 0.25) is 0 Å². The van der Waals surface area contributed by atoms with Crippen LogP contribution in [0, 0.1) is 0 Å². The molecule has 1 heterocycles. The van der Waals surface area contributed by atoms with E-state index in [9.17, 15) is 23.1 Å². The van der Waals surface area contributed by atoms with Crippen LogP contribution in [-0.2, 0) is 22.6 Å². The predicted octanol–water partition coefficient (Wildman–Crippen LogP) is 7.39. The van der Waals surface area contributed by atoms with Crippen molar-refractivity contribution in [2.45, 2.75) is 67.5 Å². The third-order valence-electron chi connectivity index (χ3n) is 7.17. The summed E-state index contributed by atoms with van der Waals surface area (Å²) in [6.45, 7) is 3.36. The SMILES string of the molecule is CCCCCCN1c2ccc(OC)c(CN)c2Sc2c1ccc(OC)c2C(Cc1ccccc1)C(=O)O.O=C(O)C(F)(F)F. The Morgan fingerprint density at radius 3 is 2.02 bits per heavy atom. The molecule has 0 saturated carbocycles. The van der Waals surface area contributed by atoms with Crippen molar-refractivity contribution in [3.63, 3.8) is 0 Å². The Morgan fingerprint density at radius 2 is 1.50 bits per heavy atom. The van der Waals surface area contributed by atoms with Crippen LogP contribution in [0.4, 0.5) is 24.5 Å².